The first-order valence-electron chi connectivity index (χ1n) is 12.6. The van der Waals surface area contributed by atoms with Crippen molar-refractivity contribution >= 4 is 46.1 Å². The van der Waals surface area contributed by atoms with Crippen molar-refractivity contribution in [3.8, 4) is 11.3 Å². The predicted molar refractivity (Wildman–Crippen MR) is 149 cm³/mol. The lowest BCUT2D eigenvalue weighted by Crippen LogP contribution is -2.41. The fraction of sp³-hybridized carbons (Fsp3) is 0.241. The molecule has 0 unspecified atom stereocenters. The molecule has 7 nitrogen and oxygen atoms in total. The van der Waals surface area contributed by atoms with E-state index in [-0.39, 0.29) is 30.2 Å². The Morgan fingerprint density at radius 3 is 2.55 bits per heavy atom. The number of rotatable bonds is 7. The number of hydrogen-bond acceptors (Lipinski definition) is 7. The SMILES string of the molecule is O=C(NCc1nc(-c2ccccc2)cs1)C1CCN(c2cccc3c2C(=O)N(Cc2ccsc2)C3=O)CC1. The maximum atomic E-state index is 13.3. The number of hydrogen-bond donors (Lipinski definition) is 1. The molecule has 9 heteroatoms. The number of amides is 3. The largest absolute Gasteiger partial charge is 0.371 e. The molecule has 2 aromatic carbocycles. The van der Waals surface area contributed by atoms with Crippen molar-refractivity contribution in [1.82, 2.24) is 15.2 Å². The summed E-state index contributed by atoms with van der Waals surface area (Å²) in [6.07, 6.45) is 1.37. The monoisotopic (exact) mass is 542 g/mol. The number of aromatic nitrogens is 1. The fourth-order valence-corrected chi connectivity index (χ4v) is 6.51. The molecule has 6 rings (SSSR count). The van der Waals surface area contributed by atoms with E-state index in [1.807, 2.05) is 64.7 Å². The van der Waals surface area contributed by atoms with Crippen molar-refractivity contribution in [1.29, 1.82) is 0 Å². The van der Waals surface area contributed by atoms with Crippen molar-refractivity contribution in [2.75, 3.05) is 18.0 Å². The number of anilines is 1. The molecule has 2 aliphatic rings. The number of carbonyl (C=O) groups excluding carboxylic acids is 3. The summed E-state index contributed by atoms with van der Waals surface area (Å²) in [7, 11) is 0. The van der Waals surface area contributed by atoms with E-state index in [0.717, 1.165) is 27.5 Å². The summed E-state index contributed by atoms with van der Waals surface area (Å²) in [6, 6.07) is 17.4. The summed E-state index contributed by atoms with van der Waals surface area (Å²) in [5.74, 6) is -0.550. The Morgan fingerprint density at radius 1 is 0.974 bits per heavy atom. The van der Waals surface area contributed by atoms with Crippen LogP contribution in [-0.2, 0) is 17.9 Å². The van der Waals surface area contributed by atoms with E-state index in [2.05, 4.69) is 15.2 Å². The lowest BCUT2D eigenvalue weighted by molar-refractivity contribution is -0.125. The maximum Gasteiger partial charge on any atom is 0.263 e. The van der Waals surface area contributed by atoms with Gasteiger partial charge in [-0.2, -0.15) is 11.3 Å². The van der Waals surface area contributed by atoms with Crippen LogP contribution in [-0.4, -0.2) is 40.7 Å². The van der Waals surface area contributed by atoms with E-state index in [1.54, 1.807) is 28.7 Å². The zero-order valence-corrected chi connectivity index (χ0v) is 22.3. The van der Waals surface area contributed by atoms with E-state index in [1.165, 1.54) is 4.90 Å². The first kappa shape index (κ1) is 24.5. The molecule has 0 saturated carbocycles. The van der Waals surface area contributed by atoms with Crippen molar-refractivity contribution in [2.24, 2.45) is 5.92 Å². The number of imide groups is 1. The Balaban J connectivity index is 1.07. The van der Waals surface area contributed by atoms with Crippen LogP contribution in [0.4, 0.5) is 5.69 Å². The van der Waals surface area contributed by atoms with E-state index >= 15 is 0 Å². The normalized spacial score (nSPS) is 15.7. The van der Waals surface area contributed by atoms with Crippen molar-refractivity contribution in [3.63, 3.8) is 0 Å². The lowest BCUT2D eigenvalue weighted by Gasteiger charge is -2.33. The smallest absolute Gasteiger partial charge is 0.263 e. The molecule has 0 radical (unpaired) electrons. The third kappa shape index (κ3) is 4.75. The minimum Gasteiger partial charge on any atom is -0.371 e. The molecule has 0 spiro atoms. The number of nitrogens with one attached hydrogen (secondary N) is 1. The fourth-order valence-electron chi connectivity index (χ4n) is 5.11. The summed E-state index contributed by atoms with van der Waals surface area (Å²) in [4.78, 5) is 47.3. The Morgan fingerprint density at radius 2 is 1.79 bits per heavy atom. The Labute approximate surface area is 228 Å². The number of thiazole rings is 1. The number of carbonyl (C=O) groups is 3. The predicted octanol–water partition coefficient (Wildman–Crippen LogP) is 5.20. The first-order chi connectivity index (χ1) is 18.6. The molecule has 1 saturated heterocycles. The Hall–Kier alpha value is -3.82. The summed E-state index contributed by atoms with van der Waals surface area (Å²) in [6.45, 7) is 1.99. The minimum atomic E-state index is -0.245. The maximum absolute atomic E-state index is 13.3. The van der Waals surface area contributed by atoms with Crippen LogP contribution in [0, 0.1) is 5.92 Å². The molecule has 0 aliphatic carbocycles. The van der Waals surface area contributed by atoms with Crippen LogP contribution in [0.5, 0.6) is 0 Å². The molecule has 0 atom stereocenters. The highest BCUT2D eigenvalue weighted by Gasteiger charge is 2.39. The molecule has 4 aromatic rings. The number of nitrogens with zero attached hydrogens (tertiary/aromatic N) is 3. The van der Waals surface area contributed by atoms with Gasteiger partial charge in [-0.1, -0.05) is 36.4 Å². The first-order valence-corrected chi connectivity index (χ1v) is 14.4. The number of benzene rings is 2. The van der Waals surface area contributed by atoms with Gasteiger partial charge in [0.15, 0.2) is 0 Å². The van der Waals surface area contributed by atoms with Crippen LogP contribution in [0.25, 0.3) is 11.3 Å². The number of fused-ring (bicyclic) bond motifs is 1. The highest BCUT2D eigenvalue weighted by Crippen LogP contribution is 2.35. The van der Waals surface area contributed by atoms with Gasteiger partial charge in [-0.05, 0) is 47.4 Å². The highest BCUT2D eigenvalue weighted by molar-refractivity contribution is 7.10. The molecule has 1 fully saturated rings. The van der Waals surface area contributed by atoms with Crippen molar-refractivity contribution in [2.45, 2.75) is 25.9 Å². The lowest BCUT2D eigenvalue weighted by atomic mass is 9.94. The third-order valence-electron chi connectivity index (χ3n) is 7.14. The van der Waals surface area contributed by atoms with Gasteiger partial charge >= 0.3 is 0 Å². The van der Waals surface area contributed by atoms with Gasteiger partial charge in [0.2, 0.25) is 5.91 Å². The van der Waals surface area contributed by atoms with Gasteiger partial charge in [0.25, 0.3) is 11.8 Å². The zero-order valence-electron chi connectivity index (χ0n) is 20.6. The standard InChI is InChI=1S/C29H26N4O3S2/c34-27(30-15-25-31-23(18-38-25)20-5-2-1-3-6-20)21-9-12-32(13-10-21)24-8-4-7-22-26(24)29(36)33(28(22)35)16-19-11-14-37-17-19/h1-8,11,14,17-18,21H,9-10,12-13,15-16H2,(H,30,34). The van der Waals surface area contributed by atoms with Crippen molar-refractivity contribution in [3.05, 3.63) is 92.4 Å². The zero-order chi connectivity index (χ0) is 26.1. The summed E-state index contributed by atoms with van der Waals surface area (Å²) >= 11 is 3.09. The second-order valence-corrected chi connectivity index (χ2v) is 11.2. The molecular formula is C29H26N4O3S2. The van der Waals surface area contributed by atoms with E-state index in [4.69, 9.17) is 0 Å². The van der Waals surface area contributed by atoms with E-state index in [0.29, 0.717) is 43.6 Å². The van der Waals surface area contributed by atoms with Crippen LogP contribution < -0.4 is 10.2 Å². The topological polar surface area (TPSA) is 82.6 Å². The van der Waals surface area contributed by atoms with Gasteiger partial charge in [-0.15, -0.1) is 11.3 Å². The summed E-state index contributed by atoms with van der Waals surface area (Å²) in [5, 5.41) is 9.85. The van der Waals surface area contributed by atoms with Crippen LogP contribution in [0.1, 0.15) is 44.1 Å². The number of thiophene rings is 1. The van der Waals surface area contributed by atoms with Gasteiger partial charge in [0.05, 0.1) is 35.6 Å². The Kier molecular flexibility index (Phi) is 6.78. The van der Waals surface area contributed by atoms with Gasteiger partial charge in [-0.3, -0.25) is 19.3 Å². The molecule has 0 bridgehead atoms. The quantitative estimate of drug-likeness (QED) is 0.325. The summed E-state index contributed by atoms with van der Waals surface area (Å²) in [5.41, 5.74) is 4.66. The van der Waals surface area contributed by atoms with Gasteiger partial charge in [0.1, 0.15) is 5.01 Å². The van der Waals surface area contributed by atoms with Gasteiger partial charge in [0, 0.05) is 30.0 Å². The summed E-state index contributed by atoms with van der Waals surface area (Å²) < 4.78 is 0. The van der Waals surface area contributed by atoms with Crippen LogP contribution >= 0.6 is 22.7 Å². The van der Waals surface area contributed by atoms with Crippen LogP contribution in [0.3, 0.4) is 0 Å². The van der Waals surface area contributed by atoms with Crippen LogP contribution in [0.15, 0.2) is 70.7 Å². The molecule has 1 N–H and O–H groups in total. The second-order valence-electron chi connectivity index (χ2n) is 9.50. The van der Waals surface area contributed by atoms with E-state index in [9.17, 15) is 14.4 Å². The molecule has 38 heavy (non-hydrogen) atoms. The Bertz CT molecular complexity index is 1470. The molecule has 2 aliphatic heterocycles. The molecule has 3 amide bonds. The third-order valence-corrected chi connectivity index (χ3v) is 8.72. The molecule has 192 valence electrons. The van der Waals surface area contributed by atoms with E-state index < -0.39 is 0 Å². The highest BCUT2D eigenvalue weighted by atomic mass is 32.1. The average molecular weight is 543 g/mol. The van der Waals surface area contributed by atoms with Crippen LogP contribution in [0.2, 0.25) is 0 Å². The minimum absolute atomic E-state index is 0.0348. The molecule has 2 aromatic heterocycles. The van der Waals surface area contributed by atoms with Gasteiger partial charge < -0.3 is 10.2 Å². The molecule has 4 heterocycles. The number of piperidine rings is 1. The molecular weight excluding hydrogens is 516 g/mol. The average Bonchev–Trinajstić information content (AvgIpc) is 3.71. The second kappa shape index (κ2) is 10.5. The van der Waals surface area contributed by atoms with Crippen molar-refractivity contribution < 1.29 is 14.4 Å². The van der Waals surface area contributed by atoms with Gasteiger partial charge in [-0.25, -0.2) is 4.98 Å².